The smallest absolute Gasteiger partial charge is 0.252 e. The molecule has 0 aromatic carbocycles. The molecule has 0 saturated carbocycles. The molecule has 1 N–H and O–H groups in total. The van der Waals surface area contributed by atoms with Crippen LogP contribution in [0.3, 0.4) is 0 Å². The number of nitrogens with zero attached hydrogens (tertiary/aromatic N) is 2. The van der Waals surface area contributed by atoms with E-state index >= 15 is 0 Å². The minimum Gasteiger partial charge on any atom is -0.356 e. The third kappa shape index (κ3) is 3.81. The molecule has 1 saturated heterocycles. The van der Waals surface area contributed by atoms with E-state index in [9.17, 15) is 13.2 Å². The van der Waals surface area contributed by atoms with Gasteiger partial charge in [0.15, 0.2) is 0 Å². The van der Waals surface area contributed by atoms with E-state index in [1.807, 2.05) is 6.07 Å². The third-order valence-corrected chi connectivity index (χ3v) is 6.85. The van der Waals surface area contributed by atoms with E-state index in [0.717, 1.165) is 24.2 Å². The van der Waals surface area contributed by atoms with Crippen molar-refractivity contribution in [1.29, 1.82) is 5.26 Å². The predicted octanol–water partition coefficient (Wildman–Crippen LogP) is 1.16. The summed E-state index contributed by atoms with van der Waals surface area (Å²) in [5.41, 5.74) is 0. The molecule has 2 rings (SSSR count). The van der Waals surface area contributed by atoms with E-state index in [4.69, 9.17) is 5.26 Å². The molecule has 0 bridgehead atoms. The highest BCUT2D eigenvalue weighted by molar-refractivity contribution is 7.91. The summed E-state index contributed by atoms with van der Waals surface area (Å²) in [7, 11) is -3.49. The van der Waals surface area contributed by atoms with E-state index in [2.05, 4.69) is 5.32 Å². The molecule has 1 amide bonds. The second kappa shape index (κ2) is 6.56. The standard InChI is InChI=1S/C13H17N3O3S2/c1-10(17)15-9-11-4-6-16(7-5-11)21(18,19)13-3-2-12(8-14)20-13/h2-3,11H,4-7,9H2,1H3,(H,15,17). The number of piperidine rings is 1. The first-order valence-electron chi connectivity index (χ1n) is 6.68. The number of amides is 1. The molecular formula is C13H17N3O3S2. The minimum atomic E-state index is -3.49. The van der Waals surface area contributed by atoms with Crippen molar-refractivity contribution in [2.24, 2.45) is 5.92 Å². The van der Waals surface area contributed by atoms with Crippen LogP contribution in [-0.2, 0) is 14.8 Å². The van der Waals surface area contributed by atoms with Crippen LogP contribution in [0.2, 0.25) is 0 Å². The summed E-state index contributed by atoms with van der Waals surface area (Å²) in [4.78, 5) is 11.3. The summed E-state index contributed by atoms with van der Waals surface area (Å²) in [5.74, 6) is 0.256. The van der Waals surface area contributed by atoms with Crippen LogP contribution in [0.15, 0.2) is 16.3 Å². The number of thiophene rings is 1. The first-order chi connectivity index (χ1) is 9.93. The fourth-order valence-corrected chi connectivity index (χ4v) is 5.02. The van der Waals surface area contributed by atoms with Crippen molar-refractivity contribution < 1.29 is 13.2 Å². The van der Waals surface area contributed by atoms with Gasteiger partial charge in [-0.15, -0.1) is 11.3 Å². The van der Waals surface area contributed by atoms with Crippen LogP contribution in [0.1, 0.15) is 24.6 Å². The average Bonchev–Trinajstić information content (AvgIpc) is 2.95. The Labute approximate surface area is 128 Å². The molecule has 0 atom stereocenters. The molecule has 21 heavy (non-hydrogen) atoms. The number of nitriles is 1. The molecule has 1 aromatic heterocycles. The van der Waals surface area contributed by atoms with Crippen LogP contribution in [0.4, 0.5) is 0 Å². The van der Waals surface area contributed by atoms with E-state index < -0.39 is 10.0 Å². The molecule has 2 heterocycles. The van der Waals surface area contributed by atoms with Crippen molar-refractivity contribution in [2.75, 3.05) is 19.6 Å². The largest absolute Gasteiger partial charge is 0.356 e. The van der Waals surface area contributed by atoms with E-state index in [1.165, 1.54) is 23.4 Å². The minimum absolute atomic E-state index is 0.0623. The summed E-state index contributed by atoms with van der Waals surface area (Å²) in [6.45, 7) is 2.97. The molecule has 0 unspecified atom stereocenters. The molecule has 1 aliphatic rings. The quantitative estimate of drug-likeness (QED) is 0.898. The highest BCUT2D eigenvalue weighted by atomic mass is 32.2. The van der Waals surface area contributed by atoms with Gasteiger partial charge in [0.2, 0.25) is 5.91 Å². The maximum absolute atomic E-state index is 12.4. The van der Waals surface area contributed by atoms with Gasteiger partial charge in [-0.25, -0.2) is 8.42 Å². The lowest BCUT2D eigenvalue weighted by atomic mass is 9.98. The Morgan fingerprint density at radius 3 is 2.67 bits per heavy atom. The molecule has 1 fully saturated rings. The molecular weight excluding hydrogens is 310 g/mol. The zero-order valence-corrected chi connectivity index (χ0v) is 13.3. The lowest BCUT2D eigenvalue weighted by Crippen LogP contribution is -2.41. The van der Waals surface area contributed by atoms with Crippen molar-refractivity contribution in [3.05, 3.63) is 17.0 Å². The monoisotopic (exact) mass is 327 g/mol. The van der Waals surface area contributed by atoms with Crippen molar-refractivity contribution in [1.82, 2.24) is 9.62 Å². The lowest BCUT2D eigenvalue weighted by molar-refractivity contribution is -0.119. The summed E-state index contributed by atoms with van der Waals surface area (Å²) < 4.78 is 26.6. The van der Waals surface area contributed by atoms with Crippen LogP contribution in [-0.4, -0.2) is 38.3 Å². The van der Waals surface area contributed by atoms with Crippen molar-refractivity contribution in [2.45, 2.75) is 24.0 Å². The zero-order valence-electron chi connectivity index (χ0n) is 11.7. The van der Waals surface area contributed by atoms with Gasteiger partial charge in [-0.05, 0) is 30.9 Å². The number of hydrogen-bond donors (Lipinski definition) is 1. The van der Waals surface area contributed by atoms with E-state index in [1.54, 1.807) is 0 Å². The molecule has 8 heteroatoms. The van der Waals surface area contributed by atoms with Gasteiger partial charge in [0, 0.05) is 26.6 Å². The predicted molar refractivity (Wildman–Crippen MR) is 79.2 cm³/mol. The average molecular weight is 327 g/mol. The van der Waals surface area contributed by atoms with Gasteiger partial charge in [-0.3, -0.25) is 4.79 Å². The van der Waals surface area contributed by atoms with Crippen LogP contribution in [0.25, 0.3) is 0 Å². The lowest BCUT2D eigenvalue weighted by Gasteiger charge is -2.30. The first-order valence-corrected chi connectivity index (χ1v) is 8.93. The van der Waals surface area contributed by atoms with Gasteiger partial charge in [-0.1, -0.05) is 0 Å². The van der Waals surface area contributed by atoms with Crippen LogP contribution in [0.5, 0.6) is 0 Å². The SMILES string of the molecule is CC(=O)NCC1CCN(S(=O)(=O)c2ccc(C#N)s2)CC1. The Kier molecular flexibility index (Phi) is 4.98. The number of rotatable bonds is 4. The third-order valence-electron chi connectivity index (χ3n) is 3.50. The van der Waals surface area contributed by atoms with E-state index in [0.29, 0.717) is 30.4 Å². The molecule has 6 nitrogen and oxygen atoms in total. The zero-order chi connectivity index (χ0) is 15.5. The van der Waals surface area contributed by atoms with Crippen LogP contribution in [0, 0.1) is 17.2 Å². The highest BCUT2D eigenvalue weighted by Crippen LogP contribution is 2.27. The van der Waals surface area contributed by atoms with E-state index in [-0.39, 0.29) is 10.1 Å². The Morgan fingerprint density at radius 1 is 1.48 bits per heavy atom. The summed E-state index contributed by atoms with van der Waals surface area (Å²) >= 11 is 1.00. The number of carbonyl (C=O) groups excluding carboxylic acids is 1. The Morgan fingerprint density at radius 2 is 2.14 bits per heavy atom. The fourth-order valence-electron chi connectivity index (χ4n) is 2.29. The van der Waals surface area contributed by atoms with Gasteiger partial charge < -0.3 is 5.32 Å². The molecule has 0 aliphatic carbocycles. The van der Waals surface area contributed by atoms with Gasteiger partial charge in [-0.2, -0.15) is 9.57 Å². The molecule has 1 aromatic rings. The second-order valence-electron chi connectivity index (χ2n) is 5.02. The number of nitrogens with one attached hydrogen (secondary N) is 1. The van der Waals surface area contributed by atoms with Gasteiger partial charge >= 0.3 is 0 Å². The topological polar surface area (TPSA) is 90.3 Å². The fraction of sp³-hybridized carbons (Fsp3) is 0.538. The van der Waals surface area contributed by atoms with Crippen molar-refractivity contribution >= 4 is 27.3 Å². The maximum atomic E-state index is 12.4. The summed E-state index contributed by atoms with van der Waals surface area (Å²) in [6.07, 6.45) is 1.46. The number of hydrogen-bond acceptors (Lipinski definition) is 5. The van der Waals surface area contributed by atoms with Gasteiger partial charge in [0.05, 0.1) is 0 Å². The van der Waals surface area contributed by atoms with Crippen LogP contribution < -0.4 is 5.32 Å². The number of sulfonamides is 1. The normalized spacial score (nSPS) is 17.3. The molecule has 1 aliphatic heterocycles. The van der Waals surface area contributed by atoms with Crippen molar-refractivity contribution in [3.63, 3.8) is 0 Å². The second-order valence-corrected chi connectivity index (χ2v) is 8.26. The van der Waals surface area contributed by atoms with Gasteiger partial charge in [0.1, 0.15) is 15.2 Å². The van der Waals surface area contributed by atoms with Gasteiger partial charge in [0.25, 0.3) is 10.0 Å². The van der Waals surface area contributed by atoms with Crippen LogP contribution >= 0.6 is 11.3 Å². The maximum Gasteiger partial charge on any atom is 0.252 e. The first kappa shape index (κ1) is 15.9. The Balaban J connectivity index is 1.98. The van der Waals surface area contributed by atoms with Crippen molar-refractivity contribution in [3.8, 4) is 6.07 Å². The summed E-state index contributed by atoms with van der Waals surface area (Å²) in [6, 6.07) is 4.97. The summed E-state index contributed by atoms with van der Waals surface area (Å²) in [5, 5.41) is 11.6. The Bertz CT molecular complexity index is 652. The highest BCUT2D eigenvalue weighted by Gasteiger charge is 2.30. The molecule has 114 valence electrons. The molecule has 0 spiro atoms. The number of carbonyl (C=O) groups is 1. The Hall–Kier alpha value is -1.43. The molecule has 0 radical (unpaired) electrons.